The van der Waals surface area contributed by atoms with Gasteiger partial charge in [0.05, 0.1) is 11.4 Å². The molecule has 2 N–H and O–H groups in total. The standard InChI is InChI=1S/C21H22N6/c22-16-19-20(23)26(17-10-4-1-5-11-17)21(25-14-8-3-9-15-25)24-27(19)18-12-6-2-7-13-18/h1-2,4-7,10-13H,3,8-9,14-15,23H2. The highest BCUT2D eigenvalue weighted by Gasteiger charge is 2.33. The van der Waals surface area contributed by atoms with E-state index in [2.05, 4.69) is 11.0 Å². The Kier molecular flexibility index (Phi) is 4.67. The number of guanidine groups is 1. The third-order valence-electron chi connectivity index (χ3n) is 4.84. The molecule has 27 heavy (non-hydrogen) atoms. The molecule has 6 heteroatoms. The van der Waals surface area contributed by atoms with Crippen LogP contribution in [0.2, 0.25) is 0 Å². The normalized spacial score (nSPS) is 17.6. The van der Waals surface area contributed by atoms with Crippen molar-refractivity contribution < 1.29 is 0 Å². The van der Waals surface area contributed by atoms with Gasteiger partial charge in [-0.2, -0.15) is 5.26 Å². The molecule has 2 aliphatic rings. The Bertz CT molecular complexity index is 891. The molecule has 1 saturated heterocycles. The maximum absolute atomic E-state index is 9.82. The number of nitrogens with two attached hydrogens (primary N) is 1. The second kappa shape index (κ2) is 7.42. The number of para-hydroxylation sites is 2. The molecule has 4 rings (SSSR count). The van der Waals surface area contributed by atoms with E-state index in [4.69, 9.17) is 10.8 Å². The molecule has 0 spiro atoms. The van der Waals surface area contributed by atoms with E-state index in [-0.39, 0.29) is 0 Å². The Morgan fingerprint density at radius 1 is 0.852 bits per heavy atom. The predicted octanol–water partition coefficient (Wildman–Crippen LogP) is 3.42. The number of benzene rings is 2. The maximum atomic E-state index is 9.82. The number of anilines is 2. The number of nitrogens with zero attached hydrogens (tertiary/aromatic N) is 5. The first-order valence-corrected chi connectivity index (χ1v) is 9.23. The number of nitriles is 1. The molecule has 0 amide bonds. The van der Waals surface area contributed by atoms with E-state index >= 15 is 0 Å². The third kappa shape index (κ3) is 3.20. The Labute approximate surface area is 159 Å². The fourth-order valence-corrected chi connectivity index (χ4v) is 3.50. The summed E-state index contributed by atoms with van der Waals surface area (Å²) in [4.78, 5) is 4.15. The number of hydrogen-bond acceptors (Lipinski definition) is 6. The molecule has 1 fully saturated rings. The van der Waals surface area contributed by atoms with Gasteiger partial charge in [0.2, 0.25) is 5.96 Å². The van der Waals surface area contributed by atoms with Crippen LogP contribution in [-0.4, -0.2) is 23.9 Å². The van der Waals surface area contributed by atoms with Crippen LogP contribution in [0.1, 0.15) is 19.3 Å². The van der Waals surface area contributed by atoms with E-state index in [0.29, 0.717) is 11.5 Å². The Balaban J connectivity index is 1.85. The second-order valence-electron chi connectivity index (χ2n) is 6.61. The van der Waals surface area contributed by atoms with E-state index in [1.165, 1.54) is 6.42 Å². The van der Waals surface area contributed by atoms with Crippen LogP contribution in [0.3, 0.4) is 0 Å². The van der Waals surface area contributed by atoms with Gasteiger partial charge in [-0.25, -0.2) is 5.01 Å². The number of hydrazone groups is 1. The maximum Gasteiger partial charge on any atom is 0.230 e. The Morgan fingerprint density at radius 2 is 1.44 bits per heavy atom. The van der Waals surface area contributed by atoms with Gasteiger partial charge in [0, 0.05) is 13.1 Å². The number of likely N-dealkylation sites (tertiary alicyclic amines) is 1. The molecule has 2 aromatic carbocycles. The Hall–Kier alpha value is -3.46. The summed E-state index contributed by atoms with van der Waals surface area (Å²) in [5, 5.41) is 16.3. The van der Waals surface area contributed by atoms with Gasteiger partial charge in [0.1, 0.15) is 11.9 Å². The van der Waals surface area contributed by atoms with Gasteiger partial charge in [0.25, 0.3) is 0 Å². The van der Waals surface area contributed by atoms with Crippen LogP contribution in [0, 0.1) is 11.3 Å². The lowest BCUT2D eigenvalue weighted by Gasteiger charge is -2.40. The number of hydrogen-bond donors (Lipinski definition) is 1. The van der Waals surface area contributed by atoms with Gasteiger partial charge in [0.15, 0.2) is 5.70 Å². The summed E-state index contributed by atoms with van der Waals surface area (Å²) in [6.07, 6.45) is 3.48. The summed E-state index contributed by atoms with van der Waals surface area (Å²) in [6.45, 7) is 1.86. The second-order valence-corrected chi connectivity index (χ2v) is 6.61. The van der Waals surface area contributed by atoms with Crippen LogP contribution < -0.4 is 15.6 Å². The van der Waals surface area contributed by atoms with E-state index < -0.39 is 0 Å². The number of allylic oxidation sites excluding steroid dienone is 1. The molecule has 0 saturated carbocycles. The van der Waals surface area contributed by atoms with Crippen molar-refractivity contribution in [2.24, 2.45) is 10.8 Å². The molecular weight excluding hydrogens is 336 g/mol. The largest absolute Gasteiger partial charge is 0.382 e. The van der Waals surface area contributed by atoms with Crippen molar-refractivity contribution in [1.29, 1.82) is 5.26 Å². The molecule has 6 nitrogen and oxygen atoms in total. The first-order valence-electron chi connectivity index (χ1n) is 9.23. The lowest BCUT2D eigenvalue weighted by Crippen LogP contribution is -2.52. The highest BCUT2D eigenvalue weighted by molar-refractivity contribution is 6.01. The lowest BCUT2D eigenvalue weighted by molar-refractivity contribution is 0.336. The van der Waals surface area contributed by atoms with Crippen LogP contribution in [0.15, 0.2) is 77.3 Å². The molecule has 0 unspecified atom stereocenters. The quantitative estimate of drug-likeness (QED) is 0.890. The van der Waals surface area contributed by atoms with Gasteiger partial charge in [-0.1, -0.05) is 36.4 Å². The van der Waals surface area contributed by atoms with Crippen molar-refractivity contribution in [3.05, 3.63) is 72.2 Å². The summed E-state index contributed by atoms with van der Waals surface area (Å²) in [5.41, 5.74) is 8.57. The van der Waals surface area contributed by atoms with Crippen molar-refractivity contribution >= 4 is 17.3 Å². The van der Waals surface area contributed by atoms with Crippen molar-refractivity contribution in [3.8, 4) is 6.07 Å². The zero-order valence-electron chi connectivity index (χ0n) is 15.1. The van der Waals surface area contributed by atoms with Gasteiger partial charge in [-0.05, 0) is 43.5 Å². The zero-order chi connectivity index (χ0) is 18.6. The fourth-order valence-electron chi connectivity index (χ4n) is 3.50. The highest BCUT2D eigenvalue weighted by Crippen LogP contribution is 2.30. The predicted molar refractivity (Wildman–Crippen MR) is 108 cm³/mol. The molecule has 0 radical (unpaired) electrons. The zero-order valence-corrected chi connectivity index (χ0v) is 15.1. The average molecular weight is 358 g/mol. The van der Waals surface area contributed by atoms with Crippen molar-refractivity contribution in [1.82, 2.24) is 4.90 Å². The van der Waals surface area contributed by atoms with E-state index in [1.807, 2.05) is 65.6 Å². The number of piperidine rings is 1. The van der Waals surface area contributed by atoms with Gasteiger partial charge < -0.3 is 10.6 Å². The molecule has 136 valence electrons. The van der Waals surface area contributed by atoms with Gasteiger partial charge >= 0.3 is 0 Å². The summed E-state index contributed by atoms with van der Waals surface area (Å²) in [7, 11) is 0. The van der Waals surface area contributed by atoms with E-state index in [0.717, 1.165) is 43.3 Å². The highest BCUT2D eigenvalue weighted by atomic mass is 15.6. The summed E-state index contributed by atoms with van der Waals surface area (Å²) in [6, 6.07) is 21.8. The molecule has 2 aromatic rings. The molecule has 0 atom stereocenters. The van der Waals surface area contributed by atoms with Crippen molar-refractivity contribution in [2.45, 2.75) is 19.3 Å². The van der Waals surface area contributed by atoms with Gasteiger partial charge in [-0.3, -0.25) is 4.90 Å². The van der Waals surface area contributed by atoms with Crippen LogP contribution >= 0.6 is 0 Å². The van der Waals surface area contributed by atoms with E-state index in [1.54, 1.807) is 5.01 Å². The lowest BCUT2D eigenvalue weighted by atomic mass is 10.1. The minimum atomic E-state index is 0.325. The molecular formula is C21H22N6. The van der Waals surface area contributed by atoms with Crippen molar-refractivity contribution in [3.63, 3.8) is 0 Å². The van der Waals surface area contributed by atoms with Gasteiger partial charge in [-0.15, -0.1) is 5.10 Å². The summed E-state index contributed by atoms with van der Waals surface area (Å²) in [5.74, 6) is 1.16. The first kappa shape index (κ1) is 17.0. The van der Waals surface area contributed by atoms with Crippen LogP contribution in [0.5, 0.6) is 0 Å². The third-order valence-corrected chi connectivity index (χ3v) is 4.84. The minimum absolute atomic E-state index is 0.325. The summed E-state index contributed by atoms with van der Waals surface area (Å²) >= 11 is 0. The smallest absolute Gasteiger partial charge is 0.230 e. The molecule has 2 heterocycles. The van der Waals surface area contributed by atoms with E-state index in [9.17, 15) is 5.26 Å². The topological polar surface area (TPSA) is 71.9 Å². The Morgan fingerprint density at radius 3 is 2.04 bits per heavy atom. The summed E-state index contributed by atoms with van der Waals surface area (Å²) < 4.78 is 0. The van der Waals surface area contributed by atoms with Crippen LogP contribution in [0.25, 0.3) is 0 Å². The van der Waals surface area contributed by atoms with Crippen LogP contribution in [0.4, 0.5) is 11.4 Å². The van der Waals surface area contributed by atoms with Crippen molar-refractivity contribution in [2.75, 3.05) is 23.0 Å². The molecule has 0 bridgehead atoms. The molecule has 0 aliphatic carbocycles. The number of rotatable bonds is 2. The minimum Gasteiger partial charge on any atom is -0.382 e. The monoisotopic (exact) mass is 358 g/mol. The SMILES string of the molecule is N#CC1=C(N)N(c2ccccc2)C(N2CCCCC2)=NN1c1ccccc1. The van der Waals surface area contributed by atoms with Crippen LogP contribution in [-0.2, 0) is 0 Å². The first-order chi connectivity index (χ1) is 13.3. The fraction of sp³-hybridized carbons (Fsp3) is 0.238. The average Bonchev–Trinajstić information content (AvgIpc) is 2.75. The molecule has 2 aliphatic heterocycles. The molecule has 0 aromatic heterocycles.